The minimum atomic E-state index is -0.225. The van der Waals surface area contributed by atoms with Gasteiger partial charge in [0.05, 0.1) is 40.7 Å². The number of aromatic nitrogens is 1. The summed E-state index contributed by atoms with van der Waals surface area (Å²) in [5.74, 6) is 0.936. The molecule has 0 unspecified atom stereocenters. The number of halogens is 1. The minimum Gasteiger partial charge on any atom is -0.496 e. The molecule has 1 amide bonds. The van der Waals surface area contributed by atoms with E-state index in [-0.39, 0.29) is 12.5 Å². The van der Waals surface area contributed by atoms with Gasteiger partial charge in [0.1, 0.15) is 11.5 Å². The second kappa shape index (κ2) is 8.30. The molecule has 0 aliphatic rings. The largest absolute Gasteiger partial charge is 0.496 e. The smallest absolute Gasteiger partial charge is 0.264 e. The van der Waals surface area contributed by atoms with E-state index in [2.05, 4.69) is 0 Å². The maximum absolute atomic E-state index is 13.9. The molecule has 0 spiro atoms. The lowest BCUT2D eigenvalue weighted by molar-refractivity contribution is 0.0980. The number of anilines is 1. The van der Waals surface area contributed by atoms with Crippen molar-refractivity contribution in [3.05, 3.63) is 88.8 Å². The molecule has 5 nitrogen and oxygen atoms in total. The second-order valence-electron chi connectivity index (χ2n) is 7.41. The molecule has 0 saturated carbocycles. The van der Waals surface area contributed by atoms with Gasteiger partial charge in [0.2, 0.25) is 0 Å². The lowest BCUT2D eigenvalue weighted by Gasteiger charge is -2.20. The van der Waals surface area contributed by atoms with E-state index < -0.39 is 0 Å². The molecule has 2 heterocycles. The van der Waals surface area contributed by atoms with Gasteiger partial charge in [-0.1, -0.05) is 53.3 Å². The highest BCUT2D eigenvalue weighted by atomic mass is 35.5. The van der Waals surface area contributed by atoms with Crippen LogP contribution in [0.3, 0.4) is 0 Å². The first-order chi connectivity index (χ1) is 15.5. The van der Waals surface area contributed by atoms with Crippen LogP contribution in [-0.2, 0) is 6.54 Å². The summed E-state index contributed by atoms with van der Waals surface area (Å²) in [7, 11) is 1.57. The van der Waals surface area contributed by atoms with Crippen LogP contribution < -0.4 is 9.64 Å². The highest BCUT2D eigenvalue weighted by molar-refractivity contribution is 7.23. The van der Waals surface area contributed by atoms with Crippen molar-refractivity contribution in [2.24, 2.45) is 0 Å². The molecule has 0 aliphatic carbocycles. The molecule has 0 atom stereocenters. The number of nitrogens with zero attached hydrogens (tertiary/aromatic N) is 2. The van der Waals surface area contributed by atoms with Crippen molar-refractivity contribution in [1.82, 2.24) is 4.98 Å². The zero-order chi connectivity index (χ0) is 22.2. The Kier molecular flexibility index (Phi) is 5.33. The number of thiazole rings is 1. The molecule has 0 N–H and O–H groups in total. The van der Waals surface area contributed by atoms with Crippen LogP contribution in [0.4, 0.5) is 5.13 Å². The molecule has 0 saturated heterocycles. The monoisotopic (exact) mass is 462 g/mol. The number of hydrogen-bond acceptors (Lipinski definition) is 5. The van der Waals surface area contributed by atoms with Crippen molar-refractivity contribution in [2.75, 3.05) is 12.0 Å². The van der Waals surface area contributed by atoms with E-state index in [1.54, 1.807) is 24.3 Å². The van der Waals surface area contributed by atoms with Gasteiger partial charge in [0.15, 0.2) is 5.13 Å². The van der Waals surface area contributed by atoms with Crippen molar-refractivity contribution in [3.8, 4) is 5.75 Å². The predicted octanol–water partition coefficient (Wildman–Crippen LogP) is 6.86. The van der Waals surface area contributed by atoms with E-state index in [9.17, 15) is 4.79 Å². The number of carbonyl (C=O) groups is 1. The topological polar surface area (TPSA) is 55.6 Å². The molecule has 0 bridgehead atoms. The zero-order valence-electron chi connectivity index (χ0n) is 17.5. The number of amides is 1. The van der Waals surface area contributed by atoms with Gasteiger partial charge in [-0.3, -0.25) is 9.69 Å². The van der Waals surface area contributed by atoms with Crippen molar-refractivity contribution in [1.29, 1.82) is 0 Å². The summed E-state index contributed by atoms with van der Waals surface area (Å²) < 4.78 is 12.0. The zero-order valence-corrected chi connectivity index (χ0v) is 19.0. The summed E-state index contributed by atoms with van der Waals surface area (Å²) in [4.78, 5) is 20.3. The van der Waals surface area contributed by atoms with Crippen LogP contribution in [0.5, 0.6) is 5.75 Å². The van der Waals surface area contributed by atoms with Crippen LogP contribution in [0.2, 0.25) is 5.02 Å². The predicted molar refractivity (Wildman–Crippen MR) is 129 cm³/mol. The molecular formula is C25H19ClN2O3S. The van der Waals surface area contributed by atoms with E-state index in [0.717, 1.165) is 26.6 Å². The van der Waals surface area contributed by atoms with E-state index in [0.29, 0.717) is 27.2 Å². The summed E-state index contributed by atoms with van der Waals surface area (Å²) in [5, 5.41) is 3.12. The van der Waals surface area contributed by atoms with Gasteiger partial charge < -0.3 is 9.15 Å². The van der Waals surface area contributed by atoms with Gasteiger partial charge in [0.25, 0.3) is 5.91 Å². The molecule has 0 radical (unpaired) electrons. The maximum Gasteiger partial charge on any atom is 0.264 e. The first kappa shape index (κ1) is 20.5. The number of benzene rings is 3. The maximum atomic E-state index is 13.9. The number of methoxy groups -OCH3 is 1. The number of hydrogen-bond donors (Lipinski definition) is 0. The summed E-state index contributed by atoms with van der Waals surface area (Å²) in [6.45, 7) is 2.21. The average Bonchev–Trinajstić information content (AvgIpc) is 3.49. The highest BCUT2D eigenvalue weighted by Crippen LogP contribution is 2.37. The van der Waals surface area contributed by atoms with Gasteiger partial charge in [0, 0.05) is 0 Å². The molecule has 5 aromatic rings. The quantitative estimate of drug-likeness (QED) is 0.286. The third-order valence-corrected chi connectivity index (χ3v) is 6.89. The van der Waals surface area contributed by atoms with Gasteiger partial charge in [-0.2, -0.15) is 0 Å². The van der Waals surface area contributed by atoms with Crippen LogP contribution in [0.25, 0.3) is 21.0 Å². The Labute approximate surface area is 193 Å². The molecule has 32 heavy (non-hydrogen) atoms. The lowest BCUT2D eigenvalue weighted by Crippen LogP contribution is -2.30. The second-order valence-corrected chi connectivity index (χ2v) is 8.79. The number of fused-ring (bicyclic) bond motifs is 2. The van der Waals surface area contributed by atoms with E-state index in [4.69, 9.17) is 25.7 Å². The summed E-state index contributed by atoms with van der Waals surface area (Å²) in [5.41, 5.74) is 2.25. The molecule has 0 aliphatic heterocycles. The molecule has 7 heteroatoms. The number of furan rings is 1. The Bertz CT molecular complexity index is 1400. The minimum absolute atomic E-state index is 0.225. The number of carbonyl (C=O) groups excluding carboxylic acids is 1. The fourth-order valence-electron chi connectivity index (χ4n) is 3.69. The first-order valence-corrected chi connectivity index (χ1v) is 11.2. The number of ether oxygens (including phenoxy) is 1. The SMILES string of the molecule is COc1cc2ccccc2cc1C(=O)N(Cc1ccco1)c1nc2c(C)ccc(Cl)c2s1. The van der Waals surface area contributed by atoms with E-state index in [1.165, 1.54) is 11.3 Å². The van der Waals surface area contributed by atoms with Crippen LogP contribution in [0.1, 0.15) is 21.7 Å². The van der Waals surface area contributed by atoms with Crippen LogP contribution in [0, 0.1) is 6.92 Å². The molecule has 2 aromatic heterocycles. The summed E-state index contributed by atoms with van der Waals surface area (Å²) in [6, 6.07) is 19.0. The van der Waals surface area contributed by atoms with Gasteiger partial charge in [-0.25, -0.2) is 4.98 Å². The van der Waals surface area contributed by atoms with Crippen molar-refractivity contribution >= 4 is 55.0 Å². The normalized spacial score (nSPS) is 11.2. The van der Waals surface area contributed by atoms with Gasteiger partial charge in [-0.15, -0.1) is 0 Å². The Morgan fingerprint density at radius 3 is 2.59 bits per heavy atom. The van der Waals surface area contributed by atoms with Crippen molar-refractivity contribution in [3.63, 3.8) is 0 Å². The van der Waals surface area contributed by atoms with Crippen LogP contribution >= 0.6 is 22.9 Å². The van der Waals surface area contributed by atoms with Crippen LogP contribution in [-0.4, -0.2) is 18.0 Å². The average molecular weight is 463 g/mol. The Balaban J connectivity index is 1.66. The number of aryl methyl sites for hydroxylation is 1. The van der Waals surface area contributed by atoms with Gasteiger partial charge in [-0.05, 0) is 53.6 Å². The van der Waals surface area contributed by atoms with Crippen molar-refractivity contribution in [2.45, 2.75) is 13.5 Å². The Morgan fingerprint density at radius 1 is 1.12 bits per heavy atom. The Morgan fingerprint density at radius 2 is 1.91 bits per heavy atom. The standard InChI is InChI=1S/C25H19ClN2O3S/c1-15-9-10-20(26)23-22(15)27-25(32-23)28(14-18-8-5-11-31-18)24(29)19-12-16-6-3-4-7-17(16)13-21(19)30-2/h3-13H,14H2,1-2H3. The lowest BCUT2D eigenvalue weighted by atomic mass is 10.0. The van der Waals surface area contributed by atoms with E-state index >= 15 is 0 Å². The molecule has 0 fully saturated rings. The molecule has 160 valence electrons. The molecular weight excluding hydrogens is 444 g/mol. The van der Waals surface area contributed by atoms with Gasteiger partial charge >= 0.3 is 0 Å². The molecule has 3 aromatic carbocycles. The summed E-state index contributed by atoms with van der Waals surface area (Å²) in [6.07, 6.45) is 1.59. The fourth-order valence-corrected chi connectivity index (χ4v) is 5.01. The number of rotatable bonds is 5. The van der Waals surface area contributed by atoms with E-state index in [1.807, 2.05) is 61.5 Å². The Hall–Kier alpha value is -3.35. The third-order valence-electron chi connectivity index (χ3n) is 5.35. The third kappa shape index (κ3) is 3.61. The fraction of sp³-hybridized carbons (Fsp3) is 0.120. The molecule has 5 rings (SSSR count). The summed E-state index contributed by atoms with van der Waals surface area (Å²) >= 11 is 7.82. The van der Waals surface area contributed by atoms with Crippen molar-refractivity contribution < 1.29 is 13.9 Å². The van der Waals surface area contributed by atoms with Crippen LogP contribution in [0.15, 0.2) is 71.3 Å². The highest BCUT2D eigenvalue weighted by Gasteiger charge is 2.26. The first-order valence-electron chi connectivity index (χ1n) is 10.0.